The lowest BCUT2D eigenvalue weighted by Gasteiger charge is -2.38. The molecule has 1 heterocycles. The first kappa shape index (κ1) is 14.3. The molecule has 0 atom stereocenters. The van der Waals surface area contributed by atoms with Crippen LogP contribution in [0.15, 0.2) is 12.1 Å². The van der Waals surface area contributed by atoms with Crippen LogP contribution in [0, 0.1) is 0 Å². The fraction of sp³-hybridized carbons (Fsp3) is 0.667. The van der Waals surface area contributed by atoms with E-state index in [9.17, 15) is 10.2 Å². The Kier molecular flexibility index (Phi) is 5.16. The van der Waals surface area contributed by atoms with Crippen molar-refractivity contribution < 1.29 is 10.2 Å². The van der Waals surface area contributed by atoms with Crippen LogP contribution in [0.5, 0.6) is 0 Å². The Labute approximate surface area is 115 Å². The van der Waals surface area contributed by atoms with E-state index in [1.165, 1.54) is 19.3 Å². The summed E-state index contributed by atoms with van der Waals surface area (Å²) in [5.74, 6) is 0.911. The van der Waals surface area contributed by atoms with Gasteiger partial charge in [0, 0.05) is 18.3 Å². The van der Waals surface area contributed by atoms with Crippen molar-refractivity contribution in [2.24, 2.45) is 0 Å². The highest BCUT2D eigenvalue weighted by Crippen LogP contribution is 2.29. The third-order valence-corrected chi connectivity index (χ3v) is 3.76. The molecule has 1 fully saturated rings. The van der Waals surface area contributed by atoms with Crippen LogP contribution in [0.25, 0.3) is 0 Å². The number of anilines is 1. The molecule has 0 unspecified atom stereocenters. The van der Waals surface area contributed by atoms with Gasteiger partial charge < -0.3 is 15.1 Å². The minimum atomic E-state index is 0.0455. The van der Waals surface area contributed by atoms with Gasteiger partial charge >= 0.3 is 0 Å². The van der Waals surface area contributed by atoms with Gasteiger partial charge in [-0.25, -0.2) is 4.98 Å². The molecule has 1 saturated carbocycles. The zero-order valence-corrected chi connectivity index (χ0v) is 11.7. The van der Waals surface area contributed by atoms with Gasteiger partial charge in [0.05, 0.1) is 13.2 Å². The van der Waals surface area contributed by atoms with Crippen LogP contribution in [-0.2, 0) is 13.0 Å². The Morgan fingerprint density at radius 3 is 2.63 bits per heavy atom. The maximum absolute atomic E-state index is 9.38. The molecular weight excluding hydrogens is 240 g/mol. The molecule has 1 aromatic heterocycles. The van der Waals surface area contributed by atoms with Gasteiger partial charge in [0.15, 0.2) is 0 Å². The molecule has 0 amide bonds. The van der Waals surface area contributed by atoms with Crippen molar-refractivity contribution in [1.29, 1.82) is 0 Å². The van der Waals surface area contributed by atoms with Gasteiger partial charge in [0.1, 0.15) is 5.82 Å². The predicted octanol–water partition coefficient (Wildman–Crippen LogP) is 1.88. The average Bonchev–Trinajstić information content (AvgIpc) is 2.36. The molecule has 1 aromatic rings. The summed E-state index contributed by atoms with van der Waals surface area (Å²) in [5.41, 5.74) is 1.95. The van der Waals surface area contributed by atoms with E-state index in [0.29, 0.717) is 12.6 Å². The van der Waals surface area contributed by atoms with E-state index < -0.39 is 0 Å². The Morgan fingerprint density at radius 2 is 2.11 bits per heavy atom. The van der Waals surface area contributed by atoms with Crippen LogP contribution in [-0.4, -0.2) is 34.4 Å². The van der Waals surface area contributed by atoms with Crippen molar-refractivity contribution in [1.82, 2.24) is 4.98 Å². The highest BCUT2D eigenvalue weighted by atomic mass is 16.3. The van der Waals surface area contributed by atoms with Crippen molar-refractivity contribution in [3.05, 3.63) is 23.4 Å². The maximum atomic E-state index is 9.38. The minimum absolute atomic E-state index is 0.0455. The van der Waals surface area contributed by atoms with Crippen LogP contribution >= 0.6 is 0 Å². The summed E-state index contributed by atoms with van der Waals surface area (Å²) in [7, 11) is 0. The quantitative estimate of drug-likeness (QED) is 0.789. The van der Waals surface area contributed by atoms with Gasteiger partial charge in [-0.15, -0.1) is 0 Å². The normalized spacial score (nSPS) is 15.3. The van der Waals surface area contributed by atoms with E-state index in [-0.39, 0.29) is 13.2 Å². The van der Waals surface area contributed by atoms with Crippen molar-refractivity contribution in [3.8, 4) is 0 Å². The third-order valence-electron chi connectivity index (χ3n) is 3.76. The van der Waals surface area contributed by atoms with E-state index in [0.717, 1.165) is 29.9 Å². The number of hydrogen-bond donors (Lipinski definition) is 2. The molecule has 2 rings (SSSR count). The van der Waals surface area contributed by atoms with Crippen molar-refractivity contribution in [2.45, 2.75) is 51.7 Å². The summed E-state index contributed by atoms with van der Waals surface area (Å²) in [5, 5.41) is 18.6. The molecular formula is C15H24N2O2. The number of nitrogens with zero attached hydrogens (tertiary/aromatic N) is 2. The SMILES string of the molecule is CCCc1cc(CO)cc(N(CCO)C2CCC2)n1. The second-order valence-corrected chi connectivity index (χ2v) is 5.23. The van der Waals surface area contributed by atoms with Gasteiger partial charge in [-0.2, -0.15) is 0 Å². The van der Waals surface area contributed by atoms with Gasteiger partial charge in [0.25, 0.3) is 0 Å². The smallest absolute Gasteiger partial charge is 0.129 e. The fourth-order valence-corrected chi connectivity index (χ4v) is 2.55. The van der Waals surface area contributed by atoms with Gasteiger partial charge in [-0.1, -0.05) is 13.3 Å². The Balaban J connectivity index is 2.25. The average molecular weight is 264 g/mol. The van der Waals surface area contributed by atoms with Gasteiger partial charge in [-0.05, 0) is 43.4 Å². The minimum Gasteiger partial charge on any atom is -0.395 e. The molecule has 19 heavy (non-hydrogen) atoms. The van der Waals surface area contributed by atoms with E-state index in [2.05, 4.69) is 11.8 Å². The maximum Gasteiger partial charge on any atom is 0.129 e. The highest BCUT2D eigenvalue weighted by molar-refractivity contribution is 5.44. The lowest BCUT2D eigenvalue weighted by Crippen LogP contribution is -2.42. The molecule has 1 aliphatic carbocycles. The van der Waals surface area contributed by atoms with E-state index in [1.807, 2.05) is 12.1 Å². The summed E-state index contributed by atoms with van der Waals surface area (Å²) >= 11 is 0. The molecule has 0 radical (unpaired) electrons. The molecule has 4 heteroatoms. The molecule has 1 aliphatic rings. The summed E-state index contributed by atoms with van der Waals surface area (Å²) in [6.07, 6.45) is 5.58. The van der Waals surface area contributed by atoms with Crippen LogP contribution in [0.2, 0.25) is 0 Å². The molecule has 0 aromatic carbocycles. The Hall–Kier alpha value is -1.13. The number of aliphatic hydroxyl groups excluding tert-OH is 2. The predicted molar refractivity (Wildman–Crippen MR) is 76.2 cm³/mol. The Bertz CT molecular complexity index is 405. The lowest BCUT2D eigenvalue weighted by molar-refractivity contribution is 0.279. The van der Waals surface area contributed by atoms with Gasteiger partial charge in [0.2, 0.25) is 0 Å². The second kappa shape index (κ2) is 6.87. The van der Waals surface area contributed by atoms with E-state index in [1.54, 1.807) is 0 Å². The Morgan fingerprint density at radius 1 is 1.32 bits per heavy atom. The molecule has 0 saturated heterocycles. The van der Waals surface area contributed by atoms with Crippen molar-refractivity contribution >= 4 is 5.82 Å². The van der Waals surface area contributed by atoms with E-state index >= 15 is 0 Å². The summed E-state index contributed by atoms with van der Waals surface area (Å²) in [4.78, 5) is 6.89. The third kappa shape index (κ3) is 3.45. The zero-order chi connectivity index (χ0) is 13.7. The topological polar surface area (TPSA) is 56.6 Å². The van der Waals surface area contributed by atoms with Crippen LogP contribution < -0.4 is 4.90 Å². The van der Waals surface area contributed by atoms with Crippen LogP contribution in [0.1, 0.15) is 43.9 Å². The molecule has 4 nitrogen and oxygen atoms in total. The summed E-state index contributed by atoms with van der Waals surface area (Å²) < 4.78 is 0. The van der Waals surface area contributed by atoms with Crippen LogP contribution in [0.3, 0.4) is 0 Å². The summed E-state index contributed by atoms with van der Waals surface area (Å²) in [6, 6.07) is 4.43. The van der Waals surface area contributed by atoms with Crippen LogP contribution in [0.4, 0.5) is 5.82 Å². The molecule has 0 aliphatic heterocycles. The molecule has 2 N–H and O–H groups in total. The first-order chi connectivity index (χ1) is 9.28. The number of pyridine rings is 1. The number of aryl methyl sites for hydroxylation is 1. The largest absolute Gasteiger partial charge is 0.395 e. The first-order valence-electron chi connectivity index (χ1n) is 7.26. The number of aromatic nitrogens is 1. The fourth-order valence-electron chi connectivity index (χ4n) is 2.55. The van der Waals surface area contributed by atoms with Crippen molar-refractivity contribution in [3.63, 3.8) is 0 Å². The standard InChI is InChI=1S/C15H24N2O2/c1-2-4-13-9-12(11-19)10-15(16-13)17(7-8-18)14-5-3-6-14/h9-10,14,18-19H,2-8,11H2,1H3. The molecule has 106 valence electrons. The zero-order valence-electron chi connectivity index (χ0n) is 11.7. The molecule has 0 bridgehead atoms. The van der Waals surface area contributed by atoms with Crippen molar-refractivity contribution in [2.75, 3.05) is 18.1 Å². The monoisotopic (exact) mass is 264 g/mol. The molecule has 0 spiro atoms. The number of rotatable bonds is 7. The lowest BCUT2D eigenvalue weighted by atomic mass is 9.91. The van der Waals surface area contributed by atoms with Gasteiger partial charge in [-0.3, -0.25) is 0 Å². The second-order valence-electron chi connectivity index (χ2n) is 5.23. The number of hydrogen-bond acceptors (Lipinski definition) is 4. The highest BCUT2D eigenvalue weighted by Gasteiger charge is 2.26. The first-order valence-corrected chi connectivity index (χ1v) is 7.26. The summed E-state index contributed by atoms with van der Waals surface area (Å²) in [6.45, 7) is 2.94. The number of aliphatic hydroxyl groups is 2. The van der Waals surface area contributed by atoms with E-state index in [4.69, 9.17) is 4.98 Å².